The quantitative estimate of drug-likeness (QED) is 0.820. The monoisotopic (exact) mass is 379 g/mol. The minimum absolute atomic E-state index is 0.0855. The molecule has 1 aliphatic heterocycles. The summed E-state index contributed by atoms with van der Waals surface area (Å²) < 4.78 is 26.8. The van der Waals surface area contributed by atoms with Crippen LogP contribution >= 0.6 is 11.3 Å². The first kappa shape index (κ1) is 17.5. The van der Waals surface area contributed by atoms with Gasteiger partial charge < -0.3 is 0 Å². The van der Waals surface area contributed by atoms with Crippen molar-refractivity contribution in [2.75, 3.05) is 5.32 Å². The maximum atomic E-state index is 12.6. The first-order valence-electron chi connectivity index (χ1n) is 7.69. The lowest BCUT2D eigenvalue weighted by atomic mass is 9.99. The van der Waals surface area contributed by atoms with E-state index in [2.05, 4.69) is 25.2 Å². The maximum absolute atomic E-state index is 12.6. The Bertz CT molecular complexity index is 909. The number of anilines is 1. The highest BCUT2D eigenvalue weighted by molar-refractivity contribution is 7.90. The van der Waals surface area contributed by atoms with Crippen molar-refractivity contribution in [3.8, 4) is 0 Å². The van der Waals surface area contributed by atoms with Crippen molar-refractivity contribution < 1.29 is 13.2 Å². The van der Waals surface area contributed by atoms with Gasteiger partial charge in [-0.2, -0.15) is 0 Å². The van der Waals surface area contributed by atoms with Gasteiger partial charge >= 0.3 is 0 Å². The number of amides is 1. The molecule has 2 N–H and O–H groups in total. The van der Waals surface area contributed by atoms with Gasteiger partial charge in [0.25, 0.3) is 15.9 Å². The summed E-state index contributed by atoms with van der Waals surface area (Å²) in [6.45, 7) is 3.84. The number of carbonyl (C=O) groups excluding carboxylic acids is 1. The second-order valence-electron chi connectivity index (χ2n) is 5.64. The highest BCUT2D eigenvalue weighted by Gasteiger charge is 2.33. The minimum atomic E-state index is -3.64. The molecule has 8 nitrogen and oxygen atoms in total. The average Bonchev–Trinajstić information content (AvgIpc) is 3.18. The Kier molecular flexibility index (Phi) is 4.82. The van der Waals surface area contributed by atoms with Gasteiger partial charge in [-0.1, -0.05) is 43.7 Å². The third-order valence-electron chi connectivity index (χ3n) is 3.97. The van der Waals surface area contributed by atoms with E-state index >= 15 is 0 Å². The van der Waals surface area contributed by atoms with Crippen LogP contribution in [0.2, 0.25) is 0 Å². The summed E-state index contributed by atoms with van der Waals surface area (Å²) in [4.78, 5) is 17.2. The zero-order valence-electron chi connectivity index (χ0n) is 13.6. The minimum Gasteiger partial charge on any atom is -0.299 e. The van der Waals surface area contributed by atoms with E-state index in [4.69, 9.17) is 0 Å². The fourth-order valence-electron chi connectivity index (χ4n) is 2.44. The topological polar surface area (TPSA) is 113 Å². The smallest absolute Gasteiger partial charge is 0.263 e. The number of benzene rings is 1. The van der Waals surface area contributed by atoms with Crippen LogP contribution in [-0.2, 0) is 14.8 Å². The Morgan fingerprint density at radius 1 is 1.40 bits per heavy atom. The fourth-order valence-corrected chi connectivity index (χ4v) is 4.13. The van der Waals surface area contributed by atoms with Crippen molar-refractivity contribution in [3.05, 3.63) is 35.3 Å². The van der Waals surface area contributed by atoms with Crippen LogP contribution in [0.15, 0.2) is 39.7 Å². The number of carbonyl (C=O) groups is 1. The zero-order valence-corrected chi connectivity index (χ0v) is 15.3. The molecule has 2 heterocycles. The van der Waals surface area contributed by atoms with Crippen molar-refractivity contribution in [1.82, 2.24) is 14.9 Å². The van der Waals surface area contributed by atoms with E-state index in [1.165, 1.54) is 22.9 Å². The SMILES string of the molecule is CC[C@H](C)[C@H](N=C1NS(=O)(=O)c2ccccc21)C(=O)Nc1nncs1. The summed E-state index contributed by atoms with van der Waals surface area (Å²) in [6.07, 6.45) is 0.708. The lowest BCUT2D eigenvalue weighted by molar-refractivity contribution is -0.118. The highest BCUT2D eigenvalue weighted by atomic mass is 32.2. The second kappa shape index (κ2) is 6.89. The third-order valence-corrected chi connectivity index (χ3v) is 5.98. The normalized spacial score (nSPS) is 19.0. The van der Waals surface area contributed by atoms with Crippen LogP contribution < -0.4 is 10.0 Å². The van der Waals surface area contributed by atoms with Crippen molar-refractivity contribution in [2.45, 2.75) is 31.2 Å². The number of rotatable bonds is 5. The summed E-state index contributed by atoms with van der Waals surface area (Å²) in [5.41, 5.74) is 1.99. The van der Waals surface area contributed by atoms with Crippen LogP contribution in [0.4, 0.5) is 5.13 Å². The molecule has 1 amide bonds. The Balaban J connectivity index is 1.95. The molecule has 1 aliphatic rings. The molecule has 2 atom stereocenters. The van der Waals surface area contributed by atoms with Gasteiger partial charge in [-0.15, -0.1) is 10.2 Å². The molecule has 0 bridgehead atoms. The molecular formula is C15H17N5O3S2. The number of fused-ring (bicyclic) bond motifs is 1. The molecule has 1 aromatic carbocycles. The van der Waals surface area contributed by atoms with Gasteiger partial charge in [-0.25, -0.2) is 8.42 Å². The zero-order chi connectivity index (χ0) is 18.0. The van der Waals surface area contributed by atoms with Crippen molar-refractivity contribution in [2.24, 2.45) is 10.9 Å². The molecule has 2 aromatic rings. The molecule has 0 unspecified atom stereocenters. The lowest BCUT2D eigenvalue weighted by Gasteiger charge is -2.18. The van der Waals surface area contributed by atoms with Gasteiger partial charge in [0, 0.05) is 5.56 Å². The van der Waals surface area contributed by atoms with E-state index in [1.807, 2.05) is 13.8 Å². The summed E-state index contributed by atoms with van der Waals surface area (Å²) >= 11 is 1.20. The van der Waals surface area contributed by atoms with E-state index in [9.17, 15) is 13.2 Å². The van der Waals surface area contributed by atoms with Crippen molar-refractivity contribution in [1.29, 1.82) is 0 Å². The molecule has 0 saturated carbocycles. The van der Waals surface area contributed by atoms with Gasteiger partial charge in [0.2, 0.25) is 5.13 Å². The number of aliphatic imine (C=N–C) groups is 1. The number of sulfonamides is 1. The molecule has 0 saturated heterocycles. The molecule has 1 aromatic heterocycles. The number of hydrogen-bond acceptors (Lipinski definition) is 7. The third kappa shape index (κ3) is 3.54. The molecule has 0 fully saturated rings. The standard InChI is InChI=1S/C15H17N5O3S2/c1-3-9(2)12(14(21)18-15-19-16-8-24-15)17-13-10-6-4-5-7-11(10)25(22,23)20-13/h4-9,12H,3H2,1-2H3,(H,17,20)(H,18,19,21)/t9-,12-/m0/s1. The van der Waals surface area contributed by atoms with Gasteiger partial charge in [-0.3, -0.25) is 19.8 Å². The first-order valence-corrected chi connectivity index (χ1v) is 10.1. The summed E-state index contributed by atoms with van der Waals surface area (Å²) in [5, 5.41) is 10.5. The molecule has 0 spiro atoms. The van der Waals surface area contributed by atoms with Gasteiger partial charge in [-0.05, 0) is 18.1 Å². The maximum Gasteiger partial charge on any atom is 0.263 e. The molecule has 25 heavy (non-hydrogen) atoms. The molecule has 10 heteroatoms. The van der Waals surface area contributed by atoms with Crippen LogP contribution in [0.5, 0.6) is 0 Å². The number of amidine groups is 1. The summed E-state index contributed by atoms with van der Waals surface area (Å²) in [5.74, 6) is -0.242. The lowest BCUT2D eigenvalue weighted by Crippen LogP contribution is -2.34. The Morgan fingerprint density at radius 2 is 2.16 bits per heavy atom. The molecule has 0 radical (unpaired) electrons. The van der Waals surface area contributed by atoms with Crippen LogP contribution in [-0.4, -0.2) is 36.4 Å². The largest absolute Gasteiger partial charge is 0.299 e. The molecular weight excluding hydrogens is 362 g/mol. The Labute approximate surface area is 149 Å². The second-order valence-corrected chi connectivity index (χ2v) is 8.13. The Hall–Kier alpha value is -2.33. The average molecular weight is 379 g/mol. The van der Waals surface area contributed by atoms with Crippen LogP contribution in [0.25, 0.3) is 0 Å². The van der Waals surface area contributed by atoms with E-state index in [-0.39, 0.29) is 22.6 Å². The van der Waals surface area contributed by atoms with Crippen molar-refractivity contribution >= 4 is 38.2 Å². The summed E-state index contributed by atoms with van der Waals surface area (Å²) in [7, 11) is -3.64. The Morgan fingerprint density at radius 3 is 2.84 bits per heavy atom. The van der Waals surface area contributed by atoms with E-state index in [1.54, 1.807) is 18.2 Å². The first-order chi connectivity index (χ1) is 11.9. The predicted octanol–water partition coefficient (Wildman–Crippen LogP) is 1.63. The van der Waals surface area contributed by atoms with Crippen LogP contribution in [0, 0.1) is 5.92 Å². The van der Waals surface area contributed by atoms with Gasteiger partial charge in [0.05, 0.1) is 4.90 Å². The van der Waals surface area contributed by atoms with E-state index < -0.39 is 16.1 Å². The highest BCUT2D eigenvalue weighted by Crippen LogP contribution is 2.24. The number of nitrogens with zero attached hydrogens (tertiary/aromatic N) is 3. The van der Waals surface area contributed by atoms with Gasteiger partial charge in [0.1, 0.15) is 17.4 Å². The van der Waals surface area contributed by atoms with Crippen LogP contribution in [0.3, 0.4) is 0 Å². The van der Waals surface area contributed by atoms with E-state index in [0.29, 0.717) is 17.1 Å². The fraction of sp³-hybridized carbons (Fsp3) is 0.333. The van der Waals surface area contributed by atoms with Crippen molar-refractivity contribution in [3.63, 3.8) is 0 Å². The number of nitrogens with one attached hydrogen (secondary N) is 2. The van der Waals surface area contributed by atoms with Crippen LogP contribution in [0.1, 0.15) is 25.8 Å². The molecule has 3 rings (SSSR count). The number of aromatic nitrogens is 2. The number of hydrogen-bond donors (Lipinski definition) is 2. The summed E-state index contributed by atoms with van der Waals surface area (Å²) in [6, 6.07) is 5.81. The van der Waals surface area contributed by atoms with E-state index in [0.717, 1.165) is 0 Å². The predicted molar refractivity (Wildman–Crippen MR) is 95.1 cm³/mol. The molecule has 132 valence electrons. The molecule has 0 aliphatic carbocycles. The van der Waals surface area contributed by atoms with Gasteiger partial charge in [0.15, 0.2) is 0 Å².